The third-order valence-electron chi connectivity index (χ3n) is 7.92. The largest absolute Gasteiger partial charge is 0.487 e. The highest BCUT2D eigenvalue weighted by Gasteiger charge is 2.43. The summed E-state index contributed by atoms with van der Waals surface area (Å²) in [5, 5.41) is 10.4. The summed E-state index contributed by atoms with van der Waals surface area (Å²) in [7, 11) is 0. The topological polar surface area (TPSA) is 100 Å². The number of carbonyl (C=O) groups is 3. The van der Waals surface area contributed by atoms with Crippen molar-refractivity contribution in [2.24, 2.45) is 11.8 Å². The number of amides is 2. The van der Waals surface area contributed by atoms with Crippen LogP contribution >= 0.6 is 11.6 Å². The van der Waals surface area contributed by atoms with Gasteiger partial charge >= 0.3 is 5.97 Å². The molecule has 1 saturated heterocycles. The second-order valence-corrected chi connectivity index (χ2v) is 10.5. The Balaban J connectivity index is 1.51. The zero-order valence-corrected chi connectivity index (χ0v) is 21.5. The molecule has 0 bridgehead atoms. The number of rotatable bonds is 7. The lowest BCUT2D eigenvalue weighted by molar-refractivity contribution is -0.154. The first-order chi connectivity index (χ1) is 17.9. The van der Waals surface area contributed by atoms with Crippen LogP contribution in [0.1, 0.15) is 61.4 Å². The summed E-state index contributed by atoms with van der Waals surface area (Å²) in [5.41, 5.74) is 2.50. The number of aliphatic carboxylic acids is 1. The summed E-state index contributed by atoms with van der Waals surface area (Å²) in [6.45, 7) is 1.65. The highest BCUT2D eigenvalue weighted by Crippen LogP contribution is 2.43. The number of nitrogens with zero attached hydrogens (tertiary/aromatic N) is 3. The molecule has 1 aliphatic carbocycles. The molecule has 0 radical (unpaired) electrons. The van der Waals surface area contributed by atoms with E-state index in [4.69, 9.17) is 16.3 Å². The van der Waals surface area contributed by atoms with Gasteiger partial charge in [0, 0.05) is 42.8 Å². The number of hydrogen-bond donors (Lipinski definition) is 1. The van der Waals surface area contributed by atoms with Crippen LogP contribution in [0.25, 0.3) is 0 Å². The number of carbonyl (C=O) groups excluding carboxylic acids is 2. The van der Waals surface area contributed by atoms with E-state index in [2.05, 4.69) is 4.98 Å². The summed E-state index contributed by atoms with van der Waals surface area (Å²) in [6, 6.07) is 8.79. The first-order valence-corrected chi connectivity index (χ1v) is 13.5. The van der Waals surface area contributed by atoms with Gasteiger partial charge in [0.15, 0.2) is 0 Å². The summed E-state index contributed by atoms with van der Waals surface area (Å²) in [6.07, 6.45) is 6.25. The van der Waals surface area contributed by atoms with E-state index in [0.29, 0.717) is 56.1 Å². The molecule has 1 saturated carbocycles. The van der Waals surface area contributed by atoms with Crippen molar-refractivity contribution in [1.82, 2.24) is 14.8 Å². The summed E-state index contributed by atoms with van der Waals surface area (Å²) in [5.74, 6) is -1.64. The fourth-order valence-electron chi connectivity index (χ4n) is 6.04. The van der Waals surface area contributed by atoms with Gasteiger partial charge in [0.25, 0.3) is 0 Å². The third-order valence-corrected chi connectivity index (χ3v) is 8.28. The van der Waals surface area contributed by atoms with Gasteiger partial charge in [-0.2, -0.15) is 0 Å². The molecular weight excluding hydrogens is 494 g/mol. The van der Waals surface area contributed by atoms with Gasteiger partial charge in [0.2, 0.25) is 11.8 Å². The molecule has 3 atom stereocenters. The zero-order valence-electron chi connectivity index (χ0n) is 20.8. The average molecular weight is 526 g/mol. The fourth-order valence-corrected chi connectivity index (χ4v) is 6.29. The number of hydrogen-bond acceptors (Lipinski definition) is 5. The average Bonchev–Trinajstić information content (AvgIpc) is 3.32. The first-order valence-electron chi connectivity index (χ1n) is 13.1. The maximum Gasteiger partial charge on any atom is 0.307 e. The molecule has 3 heterocycles. The van der Waals surface area contributed by atoms with E-state index in [1.165, 1.54) is 0 Å². The predicted molar refractivity (Wildman–Crippen MR) is 137 cm³/mol. The molecule has 1 N–H and O–H groups in total. The number of fused-ring (bicyclic) bond motifs is 1. The van der Waals surface area contributed by atoms with Gasteiger partial charge in [-0.15, -0.1) is 0 Å². The standard InChI is InChI=1S/C28H32ClN3O5/c29-22-10-11-24(37-17-18-6-3-4-13-30-18)26-21(22)12-15-32(23(26)16-31-14-5-9-25(31)33)27(34)19-7-1-2-8-20(19)28(35)36/h3-4,6,10-11,13,19-20,23H,1-2,5,7-9,12,14-17H2,(H,35,36)/t19-,20+,23-/m1/s1. The highest BCUT2D eigenvalue weighted by molar-refractivity contribution is 6.31. The molecule has 2 aliphatic heterocycles. The minimum atomic E-state index is -0.913. The number of benzene rings is 1. The molecule has 5 rings (SSSR count). The number of aromatic nitrogens is 1. The van der Waals surface area contributed by atoms with Crippen LogP contribution in [0, 0.1) is 11.8 Å². The van der Waals surface area contributed by atoms with Gasteiger partial charge in [-0.05, 0) is 55.5 Å². The zero-order chi connectivity index (χ0) is 25.9. The lowest BCUT2D eigenvalue weighted by Gasteiger charge is -2.43. The molecule has 8 nitrogen and oxygen atoms in total. The molecule has 3 aliphatic rings. The minimum absolute atomic E-state index is 0.0681. The SMILES string of the molecule is O=C(O)[C@H]1CCCC[C@H]1C(=O)N1CCc2c(Cl)ccc(OCc3ccccn3)c2[C@H]1CN1CCCC1=O. The molecule has 9 heteroatoms. The predicted octanol–water partition coefficient (Wildman–Crippen LogP) is 4.25. The lowest BCUT2D eigenvalue weighted by atomic mass is 9.77. The van der Waals surface area contributed by atoms with E-state index < -0.39 is 23.8 Å². The number of likely N-dealkylation sites (tertiary alicyclic amines) is 1. The Morgan fingerprint density at radius 2 is 1.86 bits per heavy atom. The van der Waals surface area contributed by atoms with Gasteiger partial charge in [-0.25, -0.2) is 0 Å². The van der Waals surface area contributed by atoms with Crippen molar-refractivity contribution in [3.63, 3.8) is 0 Å². The van der Waals surface area contributed by atoms with Gasteiger partial charge < -0.3 is 19.6 Å². The van der Waals surface area contributed by atoms with Crippen molar-refractivity contribution in [2.75, 3.05) is 19.6 Å². The number of ether oxygens (including phenoxy) is 1. The molecule has 0 spiro atoms. The number of halogens is 1. The van der Waals surface area contributed by atoms with Crippen LogP contribution in [-0.2, 0) is 27.4 Å². The quantitative estimate of drug-likeness (QED) is 0.580. The molecule has 196 valence electrons. The Morgan fingerprint density at radius 3 is 2.57 bits per heavy atom. The van der Waals surface area contributed by atoms with Crippen LogP contribution in [0.4, 0.5) is 0 Å². The van der Waals surface area contributed by atoms with Crippen LogP contribution in [0.5, 0.6) is 5.75 Å². The minimum Gasteiger partial charge on any atom is -0.487 e. The second kappa shape index (κ2) is 11.1. The Kier molecular flexibility index (Phi) is 7.65. The number of pyridine rings is 1. The van der Waals surface area contributed by atoms with Crippen molar-refractivity contribution in [3.05, 3.63) is 58.4 Å². The summed E-state index contributed by atoms with van der Waals surface area (Å²) < 4.78 is 6.24. The molecular formula is C28H32ClN3O5. The Labute approximate surface area is 221 Å². The van der Waals surface area contributed by atoms with Crippen molar-refractivity contribution >= 4 is 29.4 Å². The summed E-state index contributed by atoms with van der Waals surface area (Å²) in [4.78, 5) is 46.6. The van der Waals surface area contributed by atoms with Crippen molar-refractivity contribution in [2.45, 2.75) is 57.6 Å². The van der Waals surface area contributed by atoms with Gasteiger partial charge in [-0.3, -0.25) is 19.4 Å². The van der Waals surface area contributed by atoms with E-state index in [9.17, 15) is 19.5 Å². The lowest BCUT2D eigenvalue weighted by Crippen LogP contribution is -2.50. The Morgan fingerprint density at radius 1 is 1.05 bits per heavy atom. The monoisotopic (exact) mass is 525 g/mol. The van der Waals surface area contributed by atoms with Gasteiger partial charge in [0.1, 0.15) is 12.4 Å². The van der Waals surface area contributed by atoms with Crippen LogP contribution in [0.2, 0.25) is 5.02 Å². The Bertz CT molecular complexity index is 1170. The second-order valence-electron chi connectivity index (χ2n) is 10.1. The molecule has 1 aromatic heterocycles. The smallest absolute Gasteiger partial charge is 0.307 e. The summed E-state index contributed by atoms with van der Waals surface area (Å²) >= 11 is 6.65. The highest BCUT2D eigenvalue weighted by atomic mass is 35.5. The van der Waals surface area contributed by atoms with E-state index in [1.54, 1.807) is 16.0 Å². The van der Waals surface area contributed by atoms with Crippen LogP contribution < -0.4 is 4.74 Å². The molecule has 37 heavy (non-hydrogen) atoms. The first kappa shape index (κ1) is 25.5. The van der Waals surface area contributed by atoms with E-state index in [1.807, 2.05) is 30.3 Å². The van der Waals surface area contributed by atoms with Crippen LogP contribution in [-0.4, -0.2) is 57.3 Å². The number of carboxylic acid groups (broad SMARTS) is 1. The third kappa shape index (κ3) is 5.30. The van der Waals surface area contributed by atoms with Crippen molar-refractivity contribution < 1.29 is 24.2 Å². The molecule has 0 unspecified atom stereocenters. The van der Waals surface area contributed by atoms with Crippen LogP contribution in [0.15, 0.2) is 36.5 Å². The molecule has 1 aromatic carbocycles. The van der Waals surface area contributed by atoms with Crippen molar-refractivity contribution in [1.29, 1.82) is 0 Å². The van der Waals surface area contributed by atoms with Crippen LogP contribution in [0.3, 0.4) is 0 Å². The maximum atomic E-state index is 14.0. The number of carboxylic acids is 1. The molecule has 2 fully saturated rings. The Hall–Kier alpha value is -3.13. The van der Waals surface area contributed by atoms with Gasteiger partial charge in [0.05, 0.1) is 23.6 Å². The van der Waals surface area contributed by atoms with E-state index in [0.717, 1.165) is 36.1 Å². The molecule has 2 aromatic rings. The maximum absolute atomic E-state index is 14.0. The van der Waals surface area contributed by atoms with Gasteiger partial charge in [-0.1, -0.05) is 30.5 Å². The van der Waals surface area contributed by atoms with E-state index in [-0.39, 0.29) is 18.4 Å². The van der Waals surface area contributed by atoms with Crippen molar-refractivity contribution in [3.8, 4) is 5.75 Å². The fraction of sp³-hybridized carbons (Fsp3) is 0.500. The molecule has 2 amide bonds. The van der Waals surface area contributed by atoms with E-state index >= 15 is 0 Å². The normalized spacial score (nSPS) is 23.6.